The highest BCUT2D eigenvalue weighted by Gasteiger charge is 2.57. The Kier molecular flexibility index (Phi) is 5.09. The van der Waals surface area contributed by atoms with Crippen LogP contribution in [-0.4, -0.2) is 46.5 Å². The fourth-order valence-electron chi connectivity index (χ4n) is 5.68. The van der Waals surface area contributed by atoms with E-state index in [9.17, 15) is 29.1 Å². The van der Waals surface area contributed by atoms with Crippen molar-refractivity contribution in [1.29, 1.82) is 0 Å². The van der Waals surface area contributed by atoms with Crippen LogP contribution < -0.4 is 10.5 Å². The van der Waals surface area contributed by atoms with Crippen LogP contribution in [0.2, 0.25) is 0 Å². The van der Waals surface area contributed by atoms with E-state index in [0.29, 0.717) is 21.6 Å². The lowest BCUT2D eigenvalue weighted by atomic mass is 9.59. The van der Waals surface area contributed by atoms with Gasteiger partial charge in [0.05, 0.1) is 23.4 Å². The number of ketones is 2. The summed E-state index contributed by atoms with van der Waals surface area (Å²) in [6.07, 6.45) is 3.33. The molecule has 174 valence electrons. The molecule has 0 radical (unpaired) electrons. The quantitative estimate of drug-likeness (QED) is 0.341. The maximum atomic E-state index is 13.1. The van der Waals surface area contributed by atoms with Gasteiger partial charge >= 0.3 is 6.03 Å². The number of amides is 4. The third-order valence-corrected chi connectivity index (χ3v) is 7.68. The fraction of sp³-hybridized carbons (Fsp3) is 0.292. The minimum Gasteiger partial charge on any atom is -0.504 e. The number of fused-ring (bicyclic) bond motifs is 3. The number of methoxy groups -OCH3 is 1. The van der Waals surface area contributed by atoms with E-state index in [0.717, 1.165) is 0 Å². The summed E-state index contributed by atoms with van der Waals surface area (Å²) in [5, 5.41) is 10.1. The van der Waals surface area contributed by atoms with E-state index in [1.165, 1.54) is 19.3 Å². The molecule has 3 N–H and O–H groups in total. The Morgan fingerprint density at radius 3 is 2.59 bits per heavy atom. The highest BCUT2D eigenvalue weighted by molar-refractivity contribution is 9.12. The van der Waals surface area contributed by atoms with E-state index < -0.39 is 41.5 Å². The lowest BCUT2D eigenvalue weighted by molar-refractivity contribution is -0.136. The van der Waals surface area contributed by atoms with Gasteiger partial charge in [-0.1, -0.05) is 17.7 Å². The summed E-state index contributed by atoms with van der Waals surface area (Å²) in [5.74, 6) is -4.85. The summed E-state index contributed by atoms with van der Waals surface area (Å²) in [6, 6.07) is 3.52. The molecule has 10 heteroatoms. The standard InChI is InChI=1S/C24H19BrN2O7/c1-34-17-6-9(2-5-15(17)28)18-10-3-4-11-19(23(32)27(22(11)31)24(26)33)12(10)7-13-20(18)16(29)8-14(25)21(13)30/h2-3,5-6,8,11-12,18-19,28H,4,7H2,1H3,(H2,26,33). The van der Waals surface area contributed by atoms with Crippen LogP contribution in [0.3, 0.4) is 0 Å². The lowest BCUT2D eigenvalue weighted by Crippen LogP contribution is -2.42. The first-order valence-corrected chi connectivity index (χ1v) is 11.4. The molecule has 1 aromatic carbocycles. The van der Waals surface area contributed by atoms with Crippen LogP contribution in [0.5, 0.6) is 11.5 Å². The number of imide groups is 3. The van der Waals surface area contributed by atoms with Crippen molar-refractivity contribution in [3.05, 3.63) is 57.1 Å². The highest BCUT2D eigenvalue weighted by Crippen LogP contribution is 2.55. The molecule has 1 heterocycles. The van der Waals surface area contributed by atoms with Crippen LogP contribution in [0.15, 0.2) is 51.6 Å². The van der Waals surface area contributed by atoms with Crippen molar-refractivity contribution in [2.75, 3.05) is 7.11 Å². The van der Waals surface area contributed by atoms with E-state index in [1.807, 2.05) is 6.08 Å². The Labute approximate surface area is 202 Å². The van der Waals surface area contributed by atoms with Crippen molar-refractivity contribution in [1.82, 2.24) is 4.90 Å². The zero-order valence-electron chi connectivity index (χ0n) is 17.9. The number of phenols is 1. The van der Waals surface area contributed by atoms with Crippen molar-refractivity contribution in [2.45, 2.75) is 18.8 Å². The van der Waals surface area contributed by atoms with Gasteiger partial charge in [-0.15, -0.1) is 0 Å². The molecule has 0 spiro atoms. The number of ether oxygens (including phenoxy) is 1. The second-order valence-corrected chi connectivity index (χ2v) is 9.53. The van der Waals surface area contributed by atoms with E-state index in [4.69, 9.17) is 10.5 Å². The molecule has 5 rings (SSSR count). The number of primary amides is 1. The maximum absolute atomic E-state index is 13.1. The number of urea groups is 1. The summed E-state index contributed by atoms with van der Waals surface area (Å²) in [5.41, 5.74) is 7.16. The van der Waals surface area contributed by atoms with Gasteiger partial charge in [0.1, 0.15) is 0 Å². The average molecular weight is 527 g/mol. The Morgan fingerprint density at radius 2 is 1.91 bits per heavy atom. The normalized spacial score (nSPS) is 28.2. The zero-order chi connectivity index (χ0) is 24.5. The molecule has 1 saturated heterocycles. The molecular weight excluding hydrogens is 508 g/mol. The topological polar surface area (TPSA) is 144 Å². The first kappa shape index (κ1) is 22.3. The van der Waals surface area contributed by atoms with Gasteiger partial charge in [-0.25, -0.2) is 4.79 Å². The van der Waals surface area contributed by atoms with Crippen molar-refractivity contribution < 1.29 is 33.8 Å². The number of hydrogen-bond donors (Lipinski definition) is 2. The molecule has 34 heavy (non-hydrogen) atoms. The van der Waals surface area contributed by atoms with Crippen molar-refractivity contribution in [3.8, 4) is 11.5 Å². The van der Waals surface area contributed by atoms with Crippen LogP contribution >= 0.6 is 15.9 Å². The third kappa shape index (κ3) is 3.01. The molecule has 0 bridgehead atoms. The van der Waals surface area contributed by atoms with Gasteiger partial charge < -0.3 is 15.6 Å². The van der Waals surface area contributed by atoms with Gasteiger partial charge in [-0.3, -0.25) is 19.2 Å². The summed E-state index contributed by atoms with van der Waals surface area (Å²) in [4.78, 5) is 64.4. The number of rotatable bonds is 2. The van der Waals surface area contributed by atoms with Gasteiger partial charge in [0.25, 0.3) is 0 Å². The number of carbonyl (C=O) groups is 5. The van der Waals surface area contributed by atoms with Gasteiger partial charge in [-0.2, -0.15) is 4.90 Å². The summed E-state index contributed by atoms with van der Waals surface area (Å²) < 4.78 is 5.36. The second-order valence-electron chi connectivity index (χ2n) is 8.68. The average Bonchev–Trinajstić information content (AvgIpc) is 3.06. The second kappa shape index (κ2) is 7.76. The molecule has 4 unspecified atom stereocenters. The lowest BCUT2D eigenvalue weighted by Gasteiger charge is -2.42. The number of nitrogens with two attached hydrogens (primary N) is 1. The van der Waals surface area contributed by atoms with Gasteiger partial charge in [0, 0.05) is 23.1 Å². The van der Waals surface area contributed by atoms with Crippen LogP contribution in [0.1, 0.15) is 24.3 Å². The van der Waals surface area contributed by atoms with Gasteiger partial charge in [0.15, 0.2) is 23.1 Å². The Hall–Kier alpha value is -3.53. The SMILES string of the molecule is COc1cc(C2C3=CCC4C(=O)N(C(N)=O)C(=O)C4C3CC3=C2C(=O)C=C(Br)C3=O)ccc1O. The molecule has 4 aliphatic rings. The van der Waals surface area contributed by atoms with E-state index in [-0.39, 0.29) is 46.0 Å². The molecule has 0 saturated carbocycles. The van der Waals surface area contributed by atoms with Crippen LogP contribution in [-0.2, 0) is 19.2 Å². The summed E-state index contributed by atoms with van der Waals surface area (Å²) in [7, 11) is 1.40. The monoisotopic (exact) mass is 526 g/mol. The van der Waals surface area contributed by atoms with Crippen molar-refractivity contribution in [3.63, 3.8) is 0 Å². The predicted octanol–water partition coefficient (Wildman–Crippen LogP) is 2.24. The number of nitrogens with zero attached hydrogens (tertiary/aromatic N) is 1. The Morgan fingerprint density at radius 1 is 1.18 bits per heavy atom. The number of aromatic hydroxyl groups is 1. The smallest absolute Gasteiger partial charge is 0.328 e. The number of benzene rings is 1. The highest BCUT2D eigenvalue weighted by atomic mass is 79.9. The number of halogens is 1. The van der Waals surface area contributed by atoms with Crippen LogP contribution in [0.4, 0.5) is 4.79 Å². The maximum Gasteiger partial charge on any atom is 0.328 e. The zero-order valence-corrected chi connectivity index (χ0v) is 19.5. The van der Waals surface area contributed by atoms with Gasteiger partial charge in [-0.05, 0) is 52.4 Å². The Bertz CT molecular complexity index is 1310. The Balaban J connectivity index is 1.70. The molecule has 0 aromatic heterocycles. The van der Waals surface area contributed by atoms with Crippen molar-refractivity contribution >= 4 is 45.3 Å². The molecule has 4 amide bonds. The first-order valence-electron chi connectivity index (χ1n) is 10.6. The molecule has 4 atom stereocenters. The third-order valence-electron chi connectivity index (χ3n) is 7.09. The molecule has 9 nitrogen and oxygen atoms in total. The number of likely N-dealkylation sites (tertiary alicyclic amines) is 1. The molecule has 1 aromatic rings. The number of phenolic OH excluding ortho intramolecular Hbond substituents is 1. The van der Waals surface area contributed by atoms with E-state index in [2.05, 4.69) is 15.9 Å². The van der Waals surface area contributed by atoms with Crippen LogP contribution in [0.25, 0.3) is 0 Å². The minimum atomic E-state index is -1.13. The number of Topliss-reactive ketones (excluding diaryl/α,β-unsaturated/α-hetero) is 1. The first-order chi connectivity index (χ1) is 16.1. The summed E-state index contributed by atoms with van der Waals surface area (Å²) in [6.45, 7) is 0. The predicted molar refractivity (Wildman–Crippen MR) is 121 cm³/mol. The minimum absolute atomic E-state index is 0.0766. The summed E-state index contributed by atoms with van der Waals surface area (Å²) >= 11 is 3.16. The molecular formula is C24H19BrN2O7. The molecule has 1 aliphatic heterocycles. The van der Waals surface area contributed by atoms with Crippen molar-refractivity contribution in [2.24, 2.45) is 23.5 Å². The van der Waals surface area contributed by atoms with E-state index >= 15 is 0 Å². The fourth-order valence-corrected chi connectivity index (χ4v) is 6.12. The van der Waals surface area contributed by atoms with Crippen LogP contribution in [0, 0.1) is 17.8 Å². The molecule has 3 aliphatic carbocycles. The number of allylic oxidation sites excluding steroid dienone is 6. The number of carbonyl (C=O) groups excluding carboxylic acids is 5. The van der Waals surface area contributed by atoms with Gasteiger partial charge in [0.2, 0.25) is 11.8 Å². The largest absolute Gasteiger partial charge is 0.504 e. The molecule has 1 fully saturated rings. The van der Waals surface area contributed by atoms with E-state index in [1.54, 1.807) is 12.1 Å². The number of hydrogen-bond acceptors (Lipinski definition) is 7.